The molecule has 6 nitrogen and oxygen atoms in total. The fourth-order valence-corrected chi connectivity index (χ4v) is 5.24. The molecule has 0 saturated heterocycles. The van der Waals surface area contributed by atoms with Gasteiger partial charge in [-0.05, 0) is 27.2 Å². The molecule has 0 saturated carbocycles. The first kappa shape index (κ1) is 19.7. The predicted molar refractivity (Wildman–Crippen MR) is 82.0 cm³/mol. The van der Waals surface area contributed by atoms with Crippen LogP contribution in [0.15, 0.2) is 12.7 Å². The summed E-state index contributed by atoms with van der Waals surface area (Å²) in [6, 6.07) is 0.596. The van der Waals surface area contributed by atoms with Crippen LogP contribution in [0, 0.1) is 0 Å². The van der Waals surface area contributed by atoms with Crippen molar-refractivity contribution in [1.82, 2.24) is 4.72 Å². The monoisotopic (exact) mass is 325 g/mol. The number of rotatable bonds is 13. The van der Waals surface area contributed by atoms with Crippen molar-refractivity contribution >= 4 is 18.8 Å². The van der Waals surface area contributed by atoms with Crippen LogP contribution in [0.2, 0.25) is 6.04 Å². The van der Waals surface area contributed by atoms with Gasteiger partial charge in [0, 0.05) is 32.4 Å². The first-order valence-electron chi connectivity index (χ1n) is 6.95. The van der Waals surface area contributed by atoms with Gasteiger partial charge in [-0.2, -0.15) is 0 Å². The average Bonchev–Trinajstić information content (AvgIpc) is 2.36. The Morgan fingerprint density at radius 2 is 1.60 bits per heavy atom. The Hall–Kier alpha value is -0.253. The summed E-state index contributed by atoms with van der Waals surface area (Å²) >= 11 is 0. The molecule has 120 valence electrons. The Labute approximate surface area is 123 Å². The van der Waals surface area contributed by atoms with Crippen LogP contribution in [0.25, 0.3) is 0 Å². The Morgan fingerprint density at radius 3 is 2.00 bits per heavy atom. The van der Waals surface area contributed by atoms with Gasteiger partial charge in [0.05, 0.1) is 5.75 Å². The van der Waals surface area contributed by atoms with Crippen molar-refractivity contribution in [3.63, 3.8) is 0 Å². The minimum Gasteiger partial charge on any atom is -0.374 e. The average molecular weight is 326 g/mol. The quantitative estimate of drug-likeness (QED) is 0.316. The largest absolute Gasteiger partial charge is 0.500 e. The lowest BCUT2D eigenvalue weighted by Gasteiger charge is -2.28. The van der Waals surface area contributed by atoms with Gasteiger partial charge < -0.3 is 13.3 Å². The second-order valence-electron chi connectivity index (χ2n) is 4.05. The molecule has 0 aliphatic carbocycles. The summed E-state index contributed by atoms with van der Waals surface area (Å²) in [6.45, 7) is 11.0. The first-order valence-corrected chi connectivity index (χ1v) is 10.5. The van der Waals surface area contributed by atoms with Crippen LogP contribution in [0.4, 0.5) is 0 Å². The summed E-state index contributed by atoms with van der Waals surface area (Å²) in [5.41, 5.74) is 0. The second kappa shape index (κ2) is 10.5. The van der Waals surface area contributed by atoms with Gasteiger partial charge in [0.1, 0.15) is 0 Å². The molecule has 0 aromatic rings. The zero-order valence-corrected chi connectivity index (χ0v) is 14.5. The fraction of sp³-hybridized carbons (Fsp3) is 0.833. The SMILES string of the molecule is C=CCS(=O)(=O)NCCC[Si](OCC)(OCC)OCC. The van der Waals surface area contributed by atoms with Gasteiger partial charge in [0.15, 0.2) is 0 Å². The van der Waals surface area contributed by atoms with Crippen molar-refractivity contribution in [2.45, 2.75) is 33.2 Å². The minimum absolute atomic E-state index is 0.0715. The second-order valence-corrected chi connectivity index (χ2v) is 8.63. The van der Waals surface area contributed by atoms with Crippen molar-refractivity contribution < 1.29 is 21.7 Å². The molecule has 0 amide bonds. The summed E-state index contributed by atoms with van der Waals surface area (Å²) in [5, 5.41) is 0. The molecule has 0 aliphatic heterocycles. The van der Waals surface area contributed by atoms with Crippen molar-refractivity contribution in [1.29, 1.82) is 0 Å². The summed E-state index contributed by atoms with van der Waals surface area (Å²) in [4.78, 5) is 0. The van der Waals surface area contributed by atoms with E-state index >= 15 is 0 Å². The van der Waals surface area contributed by atoms with Crippen molar-refractivity contribution in [3.8, 4) is 0 Å². The first-order chi connectivity index (χ1) is 9.45. The molecule has 1 N–H and O–H groups in total. The third kappa shape index (κ3) is 8.13. The summed E-state index contributed by atoms with van der Waals surface area (Å²) in [5.74, 6) is -0.0715. The summed E-state index contributed by atoms with van der Waals surface area (Å²) < 4.78 is 42.5. The zero-order chi connectivity index (χ0) is 15.5. The molecule has 0 bridgehead atoms. The molecule has 0 aromatic heterocycles. The molecule has 0 heterocycles. The topological polar surface area (TPSA) is 73.9 Å². The lowest BCUT2D eigenvalue weighted by molar-refractivity contribution is 0.0709. The van der Waals surface area contributed by atoms with Crippen LogP contribution < -0.4 is 4.72 Å². The van der Waals surface area contributed by atoms with Crippen LogP contribution in [0.1, 0.15) is 27.2 Å². The van der Waals surface area contributed by atoms with Crippen LogP contribution >= 0.6 is 0 Å². The maximum atomic E-state index is 11.5. The normalized spacial score (nSPS) is 12.6. The molecular weight excluding hydrogens is 298 g/mol. The van der Waals surface area contributed by atoms with Gasteiger partial charge in [-0.1, -0.05) is 6.08 Å². The molecule has 0 rings (SSSR count). The molecule has 8 heteroatoms. The Morgan fingerprint density at radius 1 is 1.10 bits per heavy atom. The Balaban J connectivity index is 4.35. The highest BCUT2D eigenvalue weighted by Gasteiger charge is 2.39. The highest BCUT2D eigenvalue weighted by Crippen LogP contribution is 2.17. The van der Waals surface area contributed by atoms with Crippen LogP contribution in [0.3, 0.4) is 0 Å². The number of hydrogen-bond acceptors (Lipinski definition) is 5. The smallest absolute Gasteiger partial charge is 0.374 e. The van der Waals surface area contributed by atoms with E-state index in [9.17, 15) is 8.42 Å². The molecular formula is C12H27NO5SSi. The molecule has 0 spiro atoms. The van der Waals surface area contributed by atoms with Gasteiger partial charge >= 0.3 is 8.80 Å². The van der Waals surface area contributed by atoms with E-state index < -0.39 is 18.8 Å². The number of nitrogens with one attached hydrogen (secondary N) is 1. The van der Waals surface area contributed by atoms with E-state index in [0.29, 0.717) is 38.8 Å². The number of sulfonamides is 1. The van der Waals surface area contributed by atoms with E-state index in [0.717, 1.165) is 0 Å². The predicted octanol–water partition coefficient (Wildman–Crippen LogP) is 1.53. The third-order valence-corrected chi connectivity index (χ3v) is 6.88. The molecule has 0 atom stereocenters. The molecule has 0 aliphatic rings. The van der Waals surface area contributed by atoms with Crippen molar-refractivity contribution in [2.75, 3.05) is 32.1 Å². The van der Waals surface area contributed by atoms with E-state index in [2.05, 4.69) is 11.3 Å². The standard InChI is InChI=1S/C12H27NO5SSi/c1-5-11-19(14,15)13-10-9-12-20(16-6-2,17-7-3)18-8-4/h5,13H,1,6-12H2,2-4H3. The van der Waals surface area contributed by atoms with E-state index in [4.69, 9.17) is 13.3 Å². The molecule has 0 unspecified atom stereocenters. The summed E-state index contributed by atoms with van der Waals surface area (Å²) in [6.07, 6.45) is 1.98. The lowest BCUT2D eigenvalue weighted by atomic mass is 10.5. The highest BCUT2D eigenvalue weighted by molar-refractivity contribution is 7.89. The lowest BCUT2D eigenvalue weighted by Crippen LogP contribution is -2.46. The van der Waals surface area contributed by atoms with Crippen molar-refractivity contribution in [3.05, 3.63) is 12.7 Å². The third-order valence-electron chi connectivity index (χ3n) is 2.41. The zero-order valence-electron chi connectivity index (χ0n) is 12.7. The molecule has 0 radical (unpaired) electrons. The fourth-order valence-electron chi connectivity index (χ4n) is 1.75. The van der Waals surface area contributed by atoms with Crippen LogP contribution in [-0.2, 0) is 23.3 Å². The molecule has 0 fully saturated rings. The van der Waals surface area contributed by atoms with E-state index in [1.165, 1.54) is 6.08 Å². The van der Waals surface area contributed by atoms with E-state index in [1.54, 1.807) is 0 Å². The summed E-state index contributed by atoms with van der Waals surface area (Å²) in [7, 11) is -5.93. The van der Waals surface area contributed by atoms with E-state index in [-0.39, 0.29) is 5.75 Å². The molecule has 0 aromatic carbocycles. The van der Waals surface area contributed by atoms with E-state index in [1.807, 2.05) is 20.8 Å². The van der Waals surface area contributed by atoms with Crippen molar-refractivity contribution in [2.24, 2.45) is 0 Å². The Kier molecular flexibility index (Phi) is 10.3. The minimum atomic E-state index is -3.26. The van der Waals surface area contributed by atoms with Gasteiger partial charge in [-0.15, -0.1) is 6.58 Å². The van der Waals surface area contributed by atoms with Gasteiger partial charge in [0.2, 0.25) is 10.0 Å². The van der Waals surface area contributed by atoms with Crippen LogP contribution in [-0.4, -0.2) is 49.3 Å². The van der Waals surface area contributed by atoms with Gasteiger partial charge in [-0.25, -0.2) is 13.1 Å². The van der Waals surface area contributed by atoms with Gasteiger partial charge in [-0.3, -0.25) is 0 Å². The maximum absolute atomic E-state index is 11.5. The number of hydrogen-bond donors (Lipinski definition) is 1. The van der Waals surface area contributed by atoms with Crippen LogP contribution in [0.5, 0.6) is 0 Å². The molecule has 20 heavy (non-hydrogen) atoms. The van der Waals surface area contributed by atoms with Gasteiger partial charge in [0.25, 0.3) is 0 Å². The maximum Gasteiger partial charge on any atom is 0.500 e. The highest BCUT2D eigenvalue weighted by atomic mass is 32.2. The Bertz CT molecular complexity index is 344.